The molecule has 0 aromatic rings. The highest BCUT2D eigenvalue weighted by molar-refractivity contribution is 4.76. The second-order valence-corrected chi connectivity index (χ2v) is 6.25. The maximum Gasteiger partial charge on any atom is 0.0468 e. The molecule has 0 radical (unpaired) electrons. The third-order valence-electron chi connectivity index (χ3n) is 4.79. The lowest BCUT2D eigenvalue weighted by atomic mass is 9.86. The van der Waals surface area contributed by atoms with E-state index in [0.717, 1.165) is 25.0 Å². The van der Waals surface area contributed by atoms with E-state index in [0.29, 0.717) is 6.04 Å². The molecule has 0 amide bonds. The third kappa shape index (κ3) is 4.87. The molecular weight excluding hydrogens is 224 g/mol. The summed E-state index contributed by atoms with van der Waals surface area (Å²) in [5.74, 6) is 7.50. The number of ether oxygens (including phenoxy) is 1. The highest BCUT2D eigenvalue weighted by atomic mass is 16.5. The molecule has 3 heteroatoms. The first kappa shape index (κ1) is 14.3. The van der Waals surface area contributed by atoms with Gasteiger partial charge in [-0.3, -0.25) is 11.3 Å². The molecule has 106 valence electrons. The second-order valence-electron chi connectivity index (χ2n) is 6.25. The van der Waals surface area contributed by atoms with E-state index >= 15 is 0 Å². The van der Waals surface area contributed by atoms with Crippen molar-refractivity contribution in [3.63, 3.8) is 0 Å². The Labute approximate surface area is 112 Å². The van der Waals surface area contributed by atoms with E-state index in [9.17, 15) is 0 Å². The Bertz CT molecular complexity index is 209. The van der Waals surface area contributed by atoms with Crippen LogP contribution in [0, 0.1) is 11.8 Å². The van der Waals surface area contributed by atoms with Crippen molar-refractivity contribution in [2.45, 2.75) is 70.3 Å². The molecule has 1 aliphatic carbocycles. The fraction of sp³-hybridized carbons (Fsp3) is 1.00. The first-order valence-electron chi connectivity index (χ1n) is 7.92. The summed E-state index contributed by atoms with van der Waals surface area (Å²) in [6.07, 6.45) is 13.6. The Balaban J connectivity index is 1.72. The highest BCUT2D eigenvalue weighted by Crippen LogP contribution is 2.29. The van der Waals surface area contributed by atoms with Gasteiger partial charge in [-0.15, -0.1) is 0 Å². The van der Waals surface area contributed by atoms with E-state index in [1.54, 1.807) is 0 Å². The molecule has 3 nitrogen and oxygen atoms in total. The predicted octanol–water partition coefficient (Wildman–Crippen LogP) is 3.00. The summed E-state index contributed by atoms with van der Waals surface area (Å²) in [7, 11) is 0. The van der Waals surface area contributed by atoms with E-state index in [-0.39, 0.29) is 0 Å². The quantitative estimate of drug-likeness (QED) is 0.450. The van der Waals surface area contributed by atoms with Crippen molar-refractivity contribution in [1.29, 1.82) is 0 Å². The Hall–Kier alpha value is -0.120. The summed E-state index contributed by atoms with van der Waals surface area (Å²) in [4.78, 5) is 0. The lowest BCUT2D eigenvalue weighted by Gasteiger charge is -2.28. The molecule has 1 heterocycles. The van der Waals surface area contributed by atoms with Crippen LogP contribution in [0.4, 0.5) is 0 Å². The number of nitrogens with one attached hydrogen (secondary N) is 1. The maximum atomic E-state index is 5.76. The van der Waals surface area contributed by atoms with Crippen molar-refractivity contribution < 1.29 is 4.74 Å². The van der Waals surface area contributed by atoms with Crippen LogP contribution in [0.2, 0.25) is 0 Å². The van der Waals surface area contributed by atoms with Gasteiger partial charge >= 0.3 is 0 Å². The molecule has 2 aliphatic rings. The lowest BCUT2D eigenvalue weighted by molar-refractivity contribution is 0.0594. The first-order chi connectivity index (χ1) is 8.88. The van der Waals surface area contributed by atoms with E-state index in [2.05, 4.69) is 5.43 Å². The molecule has 1 aliphatic heterocycles. The highest BCUT2D eigenvalue weighted by Gasteiger charge is 2.22. The van der Waals surface area contributed by atoms with E-state index in [1.165, 1.54) is 64.2 Å². The fourth-order valence-corrected chi connectivity index (χ4v) is 3.62. The molecular formula is C15H30N2O. The summed E-state index contributed by atoms with van der Waals surface area (Å²) >= 11 is 0. The average Bonchev–Trinajstić information content (AvgIpc) is 2.68. The molecule has 1 saturated heterocycles. The van der Waals surface area contributed by atoms with Crippen LogP contribution in [0.25, 0.3) is 0 Å². The molecule has 0 aromatic carbocycles. The largest absolute Gasteiger partial charge is 0.381 e. The van der Waals surface area contributed by atoms with Crippen LogP contribution in [0.5, 0.6) is 0 Å². The number of hydrazine groups is 1. The molecule has 0 bridgehead atoms. The van der Waals surface area contributed by atoms with Gasteiger partial charge in [-0.05, 0) is 37.5 Å². The molecule has 18 heavy (non-hydrogen) atoms. The zero-order valence-electron chi connectivity index (χ0n) is 11.7. The molecule has 2 fully saturated rings. The van der Waals surface area contributed by atoms with Gasteiger partial charge in [0.05, 0.1) is 0 Å². The second kappa shape index (κ2) is 8.13. The first-order valence-corrected chi connectivity index (χ1v) is 7.92. The SMILES string of the molecule is NNC(CC1CCCCCC1)CC1CCOCC1. The number of hydrogen-bond donors (Lipinski definition) is 2. The van der Waals surface area contributed by atoms with Gasteiger partial charge in [-0.1, -0.05) is 38.5 Å². The van der Waals surface area contributed by atoms with Crippen LogP contribution < -0.4 is 11.3 Å². The topological polar surface area (TPSA) is 47.3 Å². The van der Waals surface area contributed by atoms with Crippen molar-refractivity contribution in [2.75, 3.05) is 13.2 Å². The zero-order valence-corrected chi connectivity index (χ0v) is 11.7. The number of nitrogens with two attached hydrogens (primary N) is 1. The van der Waals surface area contributed by atoms with Crippen molar-refractivity contribution in [2.24, 2.45) is 17.7 Å². The summed E-state index contributed by atoms with van der Waals surface area (Å²) in [6.45, 7) is 1.90. The van der Waals surface area contributed by atoms with E-state index in [4.69, 9.17) is 10.6 Å². The maximum absolute atomic E-state index is 5.76. The molecule has 3 N–H and O–H groups in total. The van der Waals surface area contributed by atoms with Crippen LogP contribution in [-0.4, -0.2) is 19.3 Å². The zero-order chi connectivity index (χ0) is 12.6. The molecule has 0 spiro atoms. The van der Waals surface area contributed by atoms with Crippen LogP contribution in [0.1, 0.15) is 64.2 Å². The van der Waals surface area contributed by atoms with Gasteiger partial charge in [-0.2, -0.15) is 0 Å². The molecule has 1 atom stereocenters. The standard InChI is InChI=1S/C15H30N2O/c16-17-15(12-14-7-9-18-10-8-14)11-13-5-3-1-2-4-6-13/h13-15,17H,1-12,16H2. The smallest absolute Gasteiger partial charge is 0.0468 e. The normalized spacial score (nSPS) is 25.8. The monoisotopic (exact) mass is 254 g/mol. The summed E-state index contributed by atoms with van der Waals surface area (Å²) in [5, 5.41) is 0. The van der Waals surface area contributed by atoms with Crippen molar-refractivity contribution in [3.05, 3.63) is 0 Å². The lowest BCUT2D eigenvalue weighted by Crippen LogP contribution is -2.39. The average molecular weight is 254 g/mol. The Morgan fingerprint density at radius 1 is 0.889 bits per heavy atom. The van der Waals surface area contributed by atoms with Gasteiger partial charge in [0.15, 0.2) is 0 Å². The minimum Gasteiger partial charge on any atom is -0.381 e. The van der Waals surface area contributed by atoms with Gasteiger partial charge in [0, 0.05) is 19.3 Å². The van der Waals surface area contributed by atoms with Crippen molar-refractivity contribution in [1.82, 2.24) is 5.43 Å². The summed E-state index contributed by atoms with van der Waals surface area (Å²) in [5.41, 5.74) is 3.08. The Morgan fingerprint density at radius 3 is 2.00 bits per heavy atom. The van der Waals surface area contributed by atoms with Crippen LogP contribution >= 0.6 is 0 Å². The van der Waals surface area contributed by atoms with Gasteiger partial charge in [0.25, 0.3) is 0 Å². The molecule has 2 rings (SSSR count). The van der Waals surface area contributed by atoms with Gasteiger partial charge in [0.2, 0.25) is 0 Å². The minimum absolute atomic E-state index is 0.524. The van der Waals surface area contributed by atoms with Gasteiger partial charge < -0.3 is 4.74 Å². The third-order valence-corrected chi connectivity index (χ3v) is 4.79. The summed E-state index contributed by atoms with van der Waals surface area (Å²) < 4.78 is 5.43. The fourth-order valence-electron chi connectivity index (χ4n) is 3.62. The predicted molar refractivity (Wildman–Crippen MR) is 75.1 cm³/mol. The van der Waals surface area contributed by atoms with E-state index < -0.39 is 0 Å². The van der Waals surface area contributed by atoms with Gasteiger partial charge in [-0.25, -0.2) is 0 Å². The van der Waals surface area contributed by atoms with E-state index in [1.807, 2.05) is 0 Å². The van der Waals surface area contributed by atoms with Crippen LogP contribution in [0.3, 0.4) is 0 Å². The minimum atomic E-state index is 0.524. The van der Waals surface area contributed by atoms with Crippen LogP contribution in [-0.2, 0) is 4.74 Å². The number of hydrogen-bond acceptors (Lipinski definition) is 3. The van der Waals surface area contributed by atoms with Crippen molar-refractivity contribution >= 4 is 0 Å². The Kier molecular flexibility index (Phi) is 6.46. The molecule has 1 unspecified atom stereocenters. The molecule has 0 aromatic heterocycles. The Morgan fingerprint density at radius 2 is 1.44 bits per heavy atom. The van der Waals surface area contributed by atoms with Crippen LogP contribution in [0.15, 0.2) is 0 Å². The van der Waals surface area contributed by atoms with Crippen molar-refractivity contribution in [3.8, 4) is 0 Å². The molecule has 1 saturated carbocycles. The summed E-state index contributed by atoms with van der Waals surface area (Å²) in [6, 6.07) is 0.524. The number of rotatable bonds is 5. The van der Waals surface area contributed by atoms with Gasteiger partial charge in [0.1, 0.15) is 0 Å².